The Bertz CT molecular complexity index is 869. The van der Waals surface area contributed by atoms with Crippen LogP contribution < -0.4 is 5.32 Å². The number of imidazole rings is 1. The van der Waals surface area contributed by atoms with Crippen LogP contribution in [0.5, 0.6) is 0 Å². The van der Waals surface area contributed by atoms with E-state index in [1.54, 1.807) is 0 Å². The molecule has 120 valence electrons. The van der Waals surface area contributed by atoms with Crippen molar-refractivity contribution in [2.75, 3.05) is 6.54 Å². The van der Waals surface area contributed by atoms with Crippen molar-refractivity contribution >= 4 is 5.91 Å². The molecule has 2 heterocycles. The van der Waals surface area contributed by atoms with E-state index in [0.29, 0.717) is 6.54 Å². The van der Waals surface area contributed by atoms with E-state index in [-0.39, 0.29) is 17.9 Å². The standard InChI is InChI=1S/C20H19N3O/c1-14(15-7-3-2-4-8-15)20(24)22-12-19-17-10-6-5-9-16(17)18-11-21-13-23(18)19/h2-11,13-14,19H,12H2,1H3,(H,22,24)/t14-,19-/m1/s1. The van der Waals surface area contributed by atoms with E-state index in [1.165, 1.54) is 11.1 Å². The third kappa shape index (κ3) is 2.40. The third-order valence-electron chi connectivity index (χ3n) is 4.76. The molecule has 0 bridgehead atoms. The zero-order valence-corrected chi connectivity index (χ0v) is 13.5. The van der Waals surface area contributed by atoms with Crippen molar-refractivity contribution in [1.82, 2.24) is 14.9 Å². The van der Waals surface area contributed by atoms with E-state index in [4.69, 9.17) is 0 Å². The third-order valence-corrected chi connectivity index (χ3v) is 4.76. The molecule has 1 aliphatic heterocycles. The molecule has 4 rings (SSSR count). The Kier molecular flexibility index (Phi) is 3.65. The van der Waals surface area contributed by atoms with Gasteiger partial charge in [-0.3, -0.25) is 4.79 Å². The molecule has 0 spiro atoms. The van der Waals surface area contributed by atoms with Gasteiger partial charge in [0.25, 0.3) is 0 Å². The summed E-state index contributed by atoms with van der Waals surface area (Å²) in [4.78, 5) is 16.8. The number of carbonyl (C=O) groups is 1. The van der Waals surface area contributed by atoms with Crippen molar-refractivity contribution in [3.63, 3.8) is 0 Å². The summed E-state index contributed by atoms with van der Waals surface area (Å²) < 4.78 is 2.14. The van der Waals surface area contributed by atoms with Gasteiger partial charge in [0.1, 0.15) is 0 Å². The van der Waals surface area contributed by atoms with Gasteiger partial charge in [0.15, 0.2) is 0 Å². The van der Waals surface area contributed by atoms with E-state index in [0.717, 1.165) is 11.3 Å². The molecule has 2 aromatic carbocycles. The lowest BCUT2D eigenvalue weighted by atomic mass is 10.00. The summed E-state index contributed by atoms with van der Waals surface area (Å²) in [5.74, 6) is -0.114. The monoisotopic (exact) mass is 317 g/mol. The molecule has 4 heteroatoms. The molecular weight excluding hydrogens is 298 g/mol. The highest BCUT2D eigenvalue weighted by molar-refractivity contribution is 5.83. The second-order valence-electron chi connectivity index (χ2n) is 6.17. The lowest BCUT2D eigenvalue weighted by Crippen LogP contribution is -2.33. The zero-order chi connectivity index (χ0) is 16.5. The maximum Gasteiger partial charge on any atom is 0.227 e. The molecule has 0 saturated carbocycles. The van der Waals surface area contributed by atoms with Gasteiger partial charge in [0.2, 0.25) is 5.91 Å². The molecule has 1 aromatic heterocycles. The van der Waals surface area contributed by atoms with Crippen LogP contribution in [0, 0.1) is 0 Å². The SMILES string of the molecule is C[C@@H](C(=O)NC[C@@H]1c2ccccc2-c2cncn21)c1ccccc1. The minimum Gasteiger partial charge on any atom is -0.353 e. The average molecular weight is 317 g/mol. The summed E-state index contributed by atoms with van der Waals surface area (Å²) in [6, 6.07) is 18.3. The fraction of sp³-hybridized carbons (Fsp3) is 0.200. The fourth-order valence-corrected chi connectivity index (χ4v) is 3.38. The molecule has 3 aromatic rings. The quantitative estimate of drug-likeness (QED) is 0.802. The normalized spacial score (nSPS) is 16.3. The average Bonchev–Trinajstić information content (AvgIpc) is 3.21. The first kappa shape index (κ1) is 14.7. The number of nitrogens with one attached hydrogen (secondary N) is 1. The maximum atomic E-state index is 12.5. The van der Waals surface area contributed by atoms with Gasteiger partial charge in [-0.2, -0.15) is 0 Å². The molecule has 0 radical (unpaired) electrons. The molecule has 0 saturated heterocycles. The molecule has 1 N–H and O–H groups in total. The number of rotatable bonds is 4. The van der Waals surface area contributed by atoms with Crippen LogP contribution in [0.2, 0.25) is 0 Å². The number of carbonyl (C=O) groups excluding carboxylic acids is 1. The first-order valence-electron chi connectivity index (χ1n) is 8.19. The lowest BCUT2D eigenvalue weighted by molar-refractivity contribution is -0.122. The Hall–Kier alpha value is -2.88. The summed E-state index contributed by atoms with van der Waals surface area (Å²) in [5.41, 5.74) is 4.58. The van der Waals surface area contributed by atoms with Crippen molar-refractivity contribution in [2.45, 2.75) is 18.9 Å². The van der Waals surface area contributed by atoms with Gasteiger partial charge in [-0.25, -0.2) is 4.98 Å². The second-order valence-corrected chi connectivity index (χ2v) is 6.17. The van der Waals surface area contributed by atoms with Gasteiger partial charge in [0.05, 0.1) is 30.2 Å². The van der Waals surface area contributed by atoms with Crippen molar-refractivity contribution < 1.29 is 4.79 Å². The number of hydrogen-bond donors (Lipinski definition) is 1. The molecular formula is C20H19N3O. The highest BCUT2D eigenvalue weighted by Gasteiger charge is 2.28. The van der Waals surface area contributed by atoms with Crippen LogP contribution in [0.1, 0.15) is 30.0 Å². The van der Waals surface area contributed by atoms with Gasteiger partial charge < -0.3 is 9.88 Å². The van der Waals surface area contributed by atoms with Crippen molar-refractivity contribution in [1.29, 1.82) is 0 Å². The highest BCUT2D eigenvalue weighted by Crippen LogP contribution is 2.38. The number of benzene rings is 2. The summed E-state index contributed by atoms with van der Waals surface area (Å²) in [6.07, 6.45) is 3.72. The topological polar surface area (TPSA) is 46.9 Å². The number of aromatic nitrogens is 2. The van der Waals surface area contributed by atoms with Gasteiger partial charge in [-0.1, -0.05) is 54.6 Å². The van der Waals surface area contributed by atoms with Crippen LogP contribution in [-0.4, -0.2) is 22.0 Å². The number of amides is 1. The molecule has 4 nitrogen and oxygen atoms in total. The molecule has 0 fully saturated rings. The molecule has 1 amide bonds. The summed E-state index contributed by atoms with van der Waals surface area (Å²) >= 11 is 0. The first-order valence-corrected chi connectivity index (χ1v) is 8.19. The Morgan fingerprint density at radius 2 is 1.92 bits per heavy atom. The summed E-state index contributed by atoms with van der Waals surface area (Å²) in [5, 5.41) is 3.11. The Balaban J connectivity index is 1.52. The smallest absolute Gasteiger partial charge is 0.227 e. The second kappa shape index (κ2) is 5.96. The fourth-order valence-electron chi connectivity index (χ4n) is 3.38. The van der Waals surface area contributed by atoms with Crippen molar-refractivity contribution in [2.24, 2.45) is 0 Å². The van der Waals surface area contributed by atoms with Crippen LogP contribution >= 0.6 is 0 Å². The Labute approximate surface area is 141 Å². The zero-order valence-electron chi connectivity index (χ0n) is 13.5. The Morgan fingerprint density at radius 1 is 1.17 bits per heavy atom. The van der Waals surface area contributed by atoms with E-state index in [9.17, 15) is 4.79 Å². The van der Waals surface area contributed by atoms with E-state index in [1.807, 2.05) is 61.9 Å². The van der Waals surface area contributed by atoms with Crippen LogP contribution in [0.3, 0.4) is 0 Å². The van der Waals surface area contributed by atoms with E-state index < -0.39 is 0 Å². The summed E-state index contributed by atoms with van der Waals surface area (Å²) in [7, 11) is 0. The number of hydrogen-bond acceptors (Lipinski definition) is 2. The van der Waals surface area contributed by atoms with Crippen LogP contribution in [0.4, 0.5) is 0 Å². The van der Waals surface area contributed by atoms with Crippen LogP contribution in [0.25, 0.3) is 11.3 Å². The van der Waals surface area contributed by atoms with Gasteiger partial charge >= 0.3 is 0 Å². The molecule has 0 aliphatic carbocycles. The summed E-state index contributed by atoms with van der Waals surface area (Å²) in [6.45, 7) is 2.51. The molecule has 24 heavy (non-hydrogen) atoms. The number of nitrogens with zero attached hydrogens (tertiary/aromatic N) is 2. The molecule has 2 atom stereocenters. The minimum absolute atomic E-state index is 0.0484. The largest absolute Gasteiger partial charge is 0.353 e. The van der Waals surface area contributed by atoms with Gasteiger partial charge in [-0.15, -0.1) is 0 Å². The predicted molar refractivity (Wildman–Crippen MR) is 93.7 cm³/mol. The van der Waals surface area contributed by atoms with Crippen molar-refractivity contribution in [3.8, 4) is 11.3 Å². The molecule has 1 aliphatic rings. The van der Waals surface area contributed by atoms with Crippen LogP contribution in [-0.2, 0) is 4.79 Å². The van der Waals surface area contributed by atoms with Crippen LogP contribution in [0.15, 0.2) is 67.1 Å². The van der Waals surface area contributed by atoms with Gasteiger partial charge in [-0.05, 0) is 18.1 Å². The van der Waals surface area contributed by atoms with E-state index >= 15 is 0 Å². The predicted octanol–water partition coefficient (Wildman–Crippen LogP) is 3.37. The minimum atomic E-state index is -0.162. The van der Waals surface area contributed by atoms with Crippen molar-refractivity contribution in [3.05, 3.63) is 78.2 Å². The maximum absolute atomic E-state index is 12.5. The van der Waals surface area contributed by atoms with E-state index in [2.05, 4.69) is 27.0 Å². The Morgan fingerprint density at radius 3 is 2.75 bits per heavy atom. The number of fused-ring (bicyclic) bond motifs is 3. The lowest BCUT2D eigenvalue weighted by Gasteiger charge is -2.18. The molecule has 0 unspecified atom stereocenters. The highest BCUT2D eigenvalue weighted by atomic mass is 16.1. The van der Waals surface area contributed by atoms with Gasteiger partial charge in [0, 0.05) is 12.1 Å². The first-order chi connectivity index (χ1) is 11.8.